The van der Waals surface area contributed by atoms with Crippen LogP contribution in [0.15, 0.2) is 53.7 Å². The van der Waals surface area contributed by atoms with E-state index < -0.39 is 5.91 Å². The van der Waals surface area contributed by atoms with E-state index in [0.29, 0.717) is 10.5 Å². The Balaban J connectivity index is 1.92. The molecule has 114 valence electrons. The van der Waals surface area contributed by atoms with E-state index in [-0.39, 0.29) is 10.2 Å². The van der Waals surface area contributed by atoms with E-state index in [1.807, 2.05) is 24.3 Å². The number of benzene rings is 1. The molecule has 1 aliphatic rings. The number of hydrogen-bond acceptors (Lipinski definition) is 5. The maximum atomic E-state index is 12.6. The van der Waals surface area contributed by atoms with Crippen molar-refractivity contribution in [3.05, 3.63) is 68.4 Å². The zero-order valence-corrected chi connectivity index (χ0v) is 15.4. The average molecular weight is 452 g/mol. The Morgan fingerprint density at radius 3 is 2.61 bits per heavy atom. The highest BCUT2D eigenvalue weighted by atomic mass is 127. The van der Waals surface area contributed by atoms with Crippen LogP contribution >= 0.6 is 46.6 Å². The van der Waals surface area contributed by atoms with E-state index in [2.05, 4.69) is 27.6 Å². The van der Waals surface area contributed by atoms with Gasteiger partial charge < -0.3 is 0 Å². The molecule has 2 heterocycles. The molecule has 3 rings (SSSR count). The van der Waals surface area contributed by atoms with Gasteiger partial charge in [-0.3, -0.25) is 14.6 Å². The van der Waals surface area contributed by atoms with Gasteiger partial charge in [0.15, 0.2) is 4.32 Å². The standard InChI is InChI=1S/C16H9IN2O2S2/c17-12-4-2-1-3-11(12)9-13-15(21)19(16(22)23-13)14(20)10-5-7-18-8-6-10/h1-9H/b13-9-. The summed E-state index contributed by atoms with van der Waals surface area (Å²) in [7, 11) is 0. The second-order valence-corrected chi connectivity index (χ2v) is 7.42. The zero-order valence-electron chi connectivity index (χ0n) is 11.6. The monoisotopic (exact) mass is 452 g/mol. The van der Waals surface area contributed by atoms with Crippen LogP contribution < -0.4 is 0 Å². The summed E-state index contributed by atoms with van der Waals surface area (Å²) in [5, 5.41) is 0. The fourth-order valence-corrected chi connectivity index (χ4v) is 3.79. The summed E-state index contributed by atoms with van der Waals surface area (Å²) in [6.45, 7) is 0. The first-order valence-electron chi connectivity index (χ1n) is 6.55. The minimum absolute atomic E-state index is 0.244. The van der Waals surface area contributed by atoms with Crippen molar-refractivity contribution in [1.82, 2.24) is 9.88 Å². The number of hydrogen-bond donors (Lipinski definition) is 0. The van der Waals surface area contributed by atoms with Gasteiger partial charge in [-0.2, -0.15) is 0 Å². The number of pyridine rings is 1. The molecule has 0 N–H and O–H groups in total. The first-order valence-corrected chi connectivity index (χ1v) is 8.85. The molecule has 1 saturated heterocycles. The second-order valence-electron chi connectivity index (χ2n) is 4.58. The van der Waals surface area contributed by atoms with E-state index in [1.54, 1.807) is 18.2 Å². The van der Waals surface area contributed by atoms with E-state index >= 15 is 0 Å². The predicted molar refractivity (Wildman–Crippen MR) is 103 cm³/mol. The van der Waals surface area contributed by atoms with Gasteiger partial charge in [-0.1, -0.05) is 42.2 Å². The number of rotatable bonds is 2. The van der Waals surface area contributed by atoms with E-state index in [9.17, 15) is 9.59 Å². The van der Waals surface area contributed by atoms with Crippen LogP contribution in [0.5, 0.6) is 0 Å². The van der Waals surface area contributed by atoms with Crippen molar-refractivity contribution in [2.24, 2.45) is 0 Å². The first kappa shape index (κ1) is 16.3. The molecular formula is C16H9IN2O2S2. The Labute approximate surface area is 156 Å². The summed E-state index contributed by atoms with van der Waals surface area (Å²) in [6.07, 6.45) is 4.78. The number of halogens is 1. The SMILES string of the molecule is O=C1/C(=C/c2ccccc2I)SC(=S)N1C(=O)c1ccncc1. The molecule has 0 saturated carbocycles. The summed E-state index contributed by atoms with van der Waals surface area (Å²) in [6, 6.07) is 10.8. The van der Waals surface area contributed by atoms with Gasteiger partial charge in [0.2, 0.25) is 0 Å². The van der Waals surface area contributed by atoms with E-state index in [0.717, 1.165) is 25.8 Å². The number of aromatic nitrogens is 1. The van der Waals surface area contributed by atoms with Gasteiger partial charge in [0.05, 0.1) is 4.91 Å². The fraction of sp³-hybridized carbons (Fsp3) is 0. The van der Waals surface area contributed by atoms with Crippen LogP contribution in [0.3, 0.4) is 0 Å². The summed E-state index contributed by atoms with van der Waals surface area (Å²) < 4.78 is 1.27. The molecule has 2 amide bonds. The summed E-state index contributed by atoms with van der Waals surface area (Å²) in [5.41, 5.74) is 1.30. The van der Waals surface area contributed by atoms with Crippen LogP contribution in [0.1, 0.15) is 15.9 Å². The van der Waals surface area contributed by atoms with Gasteiger partial charge in [-0.15, -0.1) is 0 Å². The van der Waals surface area contributed by atoms with Crippen molar-refractivity contribution in [3.8, 4) is 0 Å². The Morgan fingerprint density at radius 2 is 1.91 bits per heavy atom. The molecule has 0 bridgehead atoms. The van der Waals surface area contributed by atoms with Crippen LogP contribution in [-0.4, -0.2) is 26.0 Å². The smallest absolute Gasteiger partial charge is 0.268 e. The third-order valence-electron chi connectivity index (χ3n) is 3.12. The molecule has 1 fully saturated rings. The maximum Gasteiger partial charge on any atom is 0.273 e. The molecule has 1 aromatic carbocycles. The molecule has 0 spiro atoms. The highest BCUT2D eigenvalue weighted by molar-refractivity contribution is 14.1. The van der Waals surface area contributed by atoms with Crippen molar-refractivity contribution in [3.63, 3.8) is 0 Å². The molecule has 23 heavy (non-hydrogen) atoms. The normalized spacial score (nSPS) is 16.2. The predicted octanol–water partition coefficient (Wildman–Crippen LogP) is 3.73. The lowest BCUT2D eigenvalue weighted by Crippen LogP contribution is -2.34. The molecule has 0 atom stereocenters. The Bertz CT molecular complexity index is 837. The number of amides is 2. The van der Waals surface area contributed by atoms with E-state index in [4.69, 9.17) is 12.2 Å². The van der Waals surface area contributed by atoms with Crippen molar-refractivity contribution in [2.45, 2.75) is 0 Å². The number of carbonyl (C=O) groups excluding carboxylic acids is 2. The zero-order chi connectivity index (χ0) is 16.4. The topological polar surface area (TPSA) is 50.3 Å². The molecule has 7 heteroatoms. The molecule has 1 aromatic heterocycles. The first-order chi connectivity index (χ1) is 11.1. The number of imide groups is 1. The van der Waals surface area contributed by atoms with Crippen molar-refractivity contribution in [1.29, 1.82) is 0 Å². The third-order valence-corrected chi connectivity index (χ3v) is 5.40. The van der Waals surface area contributed by atoms with Gasteiger partial charge in [0.1, 0.15) is 0 Å². The molecule has 2 aromatic rings. The second kappa shape index (κ2) is 6.90. The third kappa shape index (κ3) is 3.36. The summed E-state index contributed by atoms with van der Waals surface area (Å²) in [5.74, 6) is -0.817. The van der Waals surface area contributed by atoms with Crippen molar-refractivity contribution >= 4 is 68.8 Å². The Kier molecular flexibility index (Phi) is 4.88. The van der Waals surface area contributed by atoms with Gasteiger partial charge in [-0.05, 0) is 52.4 Å². The quantitative estimate of drug-likeness (QED) is 0.301. The minimum atomic E-state index is -0.430. The van der Waals surface area contributed by atoms with Gasteiger partial charge in [-0.25, -0.2) is 4.90 Å². The lowest BCUT2D eigenvalue weighted by Gasteiger charge is -2.11. The largest absolute Gasteiger partial charge is 0.273 e. The summed E-state index contributed by atoms with van der Waals surface area (Å²) >= 11 is 8.55. The number of nitrogens with zero attached hydrogens (tertiary/aromatic N) is 2. The van der Waals surface area contributed by atoms with Crippen LogP contribution in [0.2, 0.25) is 0 Å². The highest BCUT2D eigenvalue weighted by Gasteiger charge is 2.37. The van der Waals surface area contributed by atoms with Crippen LogP contribution in [0.25, 0.3) is 6.08 Å². The van der Waals surface area contributed by atoms with Crippen LogP contribution in [0, 0.1) is 3.57 Å². The fourth-order valence-electron chi connectivity index (χ4n) is 2.00. The molecule has 1 aliphatic heterocycles. The highest BCUT2D eigenvalue weighted by Crippen LogP contribution is 2.34. The number of carbonyl (C=O) groups is 2. The van der Waals surface area contributed by atoms with Gasteiger partial charge in [0, 0.05) is 21.5 Å². The molecular weight excluding hydrogens is 443 g/mol. The lowest BCUT2D eigenvalue weighted by atomic mass is 10.2. The van der Waals surface area contributed by atoms with Crippen LogP contribution in [-0.2, 0) is 4.79 Å². The van der Waals surface area contributed by atoms with Crippen molar-refractivity contribution in [2.75, 3.05) is 0 Å². The molecule has 0 unspecified atom stereocenters. The molecule has 4 nitrogen and oxygen atoms in total. The lowest BCUT2D eigenvalue weighted by molar-refractivity contribution is -0.120. The molecule has 0 aliphatic carbocycles. The maximum absolute atomic E-state index is 12.6. The van der Waals surface area contributed by atoms with Gasteiger partial charge in [0.25, 0.3) is 11.8 Å². The Morgan fingerprint density at radius 1 is 1.22 bits per heavy atom. The van der Waals surface area contributed by atoms with E-state index in [1.165, 1.54) is 12.4 Å². The summed E-state index contributed by atoms with van der Waals surface area (Å²) in [4.78, 5) is 30.4. The average Bonchev–Trinajstić information content (AvgIpc) is 2.84. The minimum Gasteiger partial charge on any atom is -0.268 e. The number of thiocarbonyl (C=S) groups is 1. The van der Waals surface area contributed by atoms with Crippen molar-refractivity contribution < 1.29 is 9.59 Å². The molecule has 0 radical (unpaired) electrons. The number of thioether (sulfide) groups is 1. The van der Waals surface area contributed by atoms with Crippen LogP contribution in [0.4, 0.5) is 0 Å². The Hall–Kier alpha value is -1.58. The van der Waals surface area contributed by atoms with Gasteiger partial charge >= 0.3 is 0 Å².